The molecule has 0 atom stereocenters. The molecule has 3 aromatic heterocycles. The molecule has 0 bridgehead atoms. The Labute approximate surface area is 299 Å². The van der Waals surface area contributed by atoms with Gasteiger partial charge in [0.2, 0.25) is 0 Å². The molecule has 0 spiro atoms. The van der Waals surface area contributed by atoms with E-state index in [1.807, 2.05) is 0 Å². The highest BCUT2D eigenvalue weighted by Gasteiger charge is 2.27. The van der Waals surface area contributed by atoms with Gasteiger partial charge in [-0.25, -0.2) is 4.98 Å². The minimum atomic E-state index is 0.975. The van der Waals surface area contributed by atoms with E-state index < -0.39 is 0 Å². The number of hydrogen-bond donors (Lipinski definition) is 0. The van der Waals surface area contributed by atoms with Crippen molar-refractivity contribution in [1.82, 2.24) is 14.1 Å². The van der Waals surface area contributed by atoms with Gasteiger partial charge in [-0.1, -0.05) is 115 Å². The third-order valence-electron chi connectivity index (χ3n) is 11.2. The van der Waals surface area contributed by atoms with Gasteiger partial charge >= 0.3 is 0 Å². The third-order valence-corrected chi connectivity index (χ3v) is 11.2. The molecule has 240 valence electrons. The van der Waals surface area contributed by atoms with Gasteiger partial charge < -0.3 is 4.57 Å². The highest BCUT2D eigenvalue weighted by atomic mass is 15.1. The first-order valence-corrected chi connectivity index (χ1v) is 17.9. The number of nitrogens with zero attached hydrogens (tertiary/aromatic N) is 3. The Morgan fingerprint density at radius 3 is 1.79 bits per heavy atom. The lowest BCUT2D eigenvalue weighted by atomic mass is 10.00. The number of rotatable bonds is 3. The molecule has 12 rings (SSSR count). The van der Waals surface area contributed by atoms with E-state index in [4.69, 9.17) is 4.98 Å². The lowest BCUT2D eigenvalue weighted by Crippen LogP contribution is -2.00. The van der Waals surface area contributed by atoms with Crippen LogP contribution in [0.15, 0.2) is 176 Å². The Morgan fingerprint density at radius 2 is 0.962 bits per heavy atom. The van der Waals surface area contributed by atoms with Crippen LogP contribution in [0.2, 0.25) is 0 Å². The lowest BCUT2D eigenvalue weighted by Gasteiger charge is -2.13. The summed E-state index contributed by atoms with van der Waals surface area (Å²) >= 11 is 0. The first-order valence-electron chi connectivity index (χ1n) is 17.9. The van der Waals surface area contributed by atoms with Crippen molar-refractivity contribution in [3.8, 4) is 44.9 Å². The van der Waals surface area contributed by atoms with Crippen LogP contribution < -0.4 is 0 Å². The highest BCUT2D eigenvalue weighted by molar-refractivity contribution is 6.20. The van der Waals surface area contributed by atoms with Crippen molar-refractivity contribution in [2.24, 2.45) is 0 Å². The predicted molar refractivity (Wildman–Crippen MR) is 218 cm³/mol. The van der Waals surface area contributed by atoms with E-state index in [1.54, 1.807) is 0 Å². The SMILES string of the molecule is c1ccc(-n2c3ccccc3c3cc(-c4ccc5c(c4)c4cc6ccccc6cc4n5-c4ncc5cccc6c5c4-c4ccccc4-6)ccc32)cc1. The van der Waals surface area contributed by atoms with Crippen molar-refractivity contribution in [2.45, 2.75) is 0 Å². The topological polar surface area (TPSA) is 22.8 Å². The number of aromatic nitrogens is 3. The quantitative estimate of drug-likeness (QED) is 0.185. The second-order valence-corrected chi connectivity index (χ2v) is 14.0. The monoisotopic (exact) mass is 659 g/mol. The molecule has 3 nitrogen and oxygen atoms in total. The Hall–Kier alpha value is -6.97. The number of benzene rings is 8. The van der Waals surface area contributed by atoms with E-state index in [2.05, 4.69) is 185 Å². The Balaban J connectivity index is 1.13. The van der Waals surface area contributed by atoms with E-state index >= 15 is 0 Å². The molecule has 0 fully saturated rings. The van der Waals surface area contributed by atoms with Crippen LogP contribution >= 0.6 is 0 Å². The first-order chi connectivity index (χ1) is 25.8. The van der Waals surface area contributed by atoms with Crippen LogP contribution in [0.25, 0.3) is 110 Å². The molecule has 0 aliphatic heterocycles. The summed E-state index contributed by atoms with van der Waals surface area (Å²) in [6.07, 6.45) is 2.05. The van der Waals surface area contributed by atoms with Gasteiger partial charge in [0, 0.05) is 49.8 Å². The molecule has 0 unspecified atom stereocenters. The Morgan fingerprint density at radius 1 is 0.365 bits per heavy atom. The van der Waals surface area contributed by atoms with Crippen molar-refractivity contribution >= 4 is 65.2 Å². The summed E-state index contributed by atoms with van der Waals surface area (Å²) in [5.41, 5.74) is 13.3. The van der Waals surface area contributed by atoms with Gasteiger partial charge in [-0.2, -0.15) is 0 Å². The Kier molecular flexibility index (Phi) is 5.50. The molecule has 0 saturated carbocycles. The van der Waals surface area contributed by atoms with Crippen LogP contribution in [-0.4, -0.2) is 14.1 Å². The maximum absolute atomic E-state index is 5.26. The van der Waals surface area contributed by atoms with E-state index in [0.29, 0.717) is 0 Å². The first kappa shape index (κ1) is 27.8. The van der Waals surface area contributed by atoms with E-state index in [9.17, 15) is 0 Å². The normalized spacial score (nSPS) is 12.2. The molecule has 1 aliphatic carbocycles. The second kappa shape index (κ2) is 10.3. The van der Waals surface area contributed by atoms with Gasteiger partial charge in [-0.05, 0) is 93.2 Å². The number of pyridine rings is 1. The third kappa shape index (κ3) is 3.72. The molecule has 0 amide bonds. The molecule has 3 heterocycles. The van der Waals surface area contributed by atoms with Crippen LogP contribution in [-0.2, 0) is 0 Å². The van der Waals surface area contributed by atoms with Crippen LogP contribution in [0.3, 0.4) is 0 Å². The summed E-state index contributed by atoms with van der Waals surface area (Å²) in [7, 11) is 0. The fourth-order valence-corrected chi connectivity index (χ4v) is 8.97. The molecule has 3 heteroatoms. The smallest absolute Gasteiger partial charge is 0.146 e. The van der Waals surface area contributed by atoms with Gasteiger partial charge in [0.25, 0.3) is 0 Å². The molecule has 1 aliphatic rings. The molecular formula is C49H29N3. The van der Waals surface area contributed by atoms with Gasteiger partial charge in [0.15, 0.2) is 0 Å². The van der Waals surface area contributed by atoms with Gasteiger partial charge in [0.1, 0.15) is 5.82 Å². The fraction of sp³-hybridized carbons (Fsp3) is 0. The standard InChI is InChI=1S/C49H29N3/c1-2-14-35(15-3-1)51-43-20-9-8-17-37(43)40-26-32(21-23-44(40)51)33-22-24-45-41(27-33)42-25-30-11-4-5-12-31(30)28-46(42)52(45)49-48-39-18-7-6-16-36(39)38-19-10-13-34(29-50-49)47(38)48/h1-29H. The largest absolute Gasteiger partial charge is 0.309 e. The summed E-state index contributed by atoms with van der Waals surface area (Å²) in [6, 6.07) is 62.1. The Bertz CT molecular complexity index is 3290. The maximum Gasteiger partial charge on any atom is 0.146 e. The number of fused-ring (bicyclic) bond motifs is 10. The summed E-state index contributed by atoms with van der Waals surface area (Å²) in [5.74, 6) is 0.975. The minimum absolute atomic E-state index is 0.975. The average Bonchev–Trinajstić information content (AvgIpc) is 3.84. The van der Waals surface area contributed by atoms with Crippen LogP contribution in [0.1, 0.15) is 0 Å². The predicted octanol–water partition coefficient (Wildman–Crippen LogP) is 12.9. The fourth-order valence-electron chi connectivity index (χ4n) is 8.97. The highest BCUT2D eigenvalue weighted by Crippen LogP contribution is 2.50. The zero-order valence-electron chi connectivity index (χ0n) is 28.1. The van der Waals surface area contributed by atoms with Crippen LogP contribution in [0.4, 0.5) is 0 Å². The average molecular weight is 660 g/mol. The summed E-state index contributed by atoms with van der Waals surface area (Å²) in [6.45, 7) is 0. The summed E-state index contributed by atoms with van der Waals surface area (Å²) in [5, 5.41) is 9.87. The maximum atomic E-state index is 5.26. The van der Waals surface area contributed by atoms with Crippen molar-refractivity contribution in [1.29, 1.82) is 0 Å². The molecular weight excluding hydrogens is 631 g/mol. The molecule has 8 aromatic carbocycles. The van der Waals surface area contributed by atoms with Crippen LogP contribution in [0.5, 0.6) is 0 Å². The zero-order valence-corrected chi connectivity index (χ0v) is 28.1. The van der Waals surface area contributed by atoms with E-state index in [1.165, 1.54) is 93.2 Å². The molecule has 11 aromatic rings. The molecule has 0 radical (unpaired) electrons. The van der Waals surface area contributed by atoms with Crippen molar-refractivity contribution in [2.75, 3.05) is 0 Å². The lowest BCUT2D eigenvalue weighted by molar-refractivity contribution is 1.09. The second-order valence-electron chi connectivity index (χ2n) is 14.0. The summed E-state index contributed by atoms with van der Waals surface area (Å²) < 4.78 is 4.78. The van der Waals surface area contributed by atoms with E-state index in [-0.39, 0.29) is 0 Å². The van der Waals surface area contributed by atoms with Crippen molar-refractivity contribution < 1.29 is 0 Å². The number of para-hydroxylation sites is 2. The molecule has 52 heavy (non-hydrogen) atoms. The van der Waals surface area contributed by atoms with Crippen LogP contribution in [0, 0.1) is 0 Å². The van der Waals surface area contributed by atoms with E-state index in [0.717, 1.165) is 16.9 Å². The van der Waals surface area contributed by atoms with Gasteiger partial charge in [0.05, 0.1) is 22.1 Å². The molecule has 0 N–H and O–H groups in total. The zero-order chi connectivity index (χ0) is 33.9. The summed E-state index contributed by atoms with van der Waals surface area (Å²) in [4.78, 5) is 5.26. The molecule has 0 saturated heterocycles. The minimum Gasteiger partial charge on any atom is -0.309 e. The van der Waals surface area contributed by atoms with Crippen molar-refractivity contribution in [3.63, 3.8) is 0 Å². The van der Waals surface area contributed by atoms with Gasteiger partial charge in [-0.15, -0.1) is 0 Å². The van der Waals surface area contributed by atoms with Gasteiger partial charge in [-0.3, -0.25) is 4.57 Å². The van der Waals surface area contributed by atoms with Crippen molar-refractivity contribution in [3.05, 3.63) is 176 Å². The number of hydrogen-bond acceptors (Lipinski definition) is 1.